The zero-order valence-corrected chi connectivity index (χ0v) is 10.7. The van der Waals surface area contributed by atoms with Gasteiger partial charge in [0.05, 0.1) is 16.9 Å². The van der Waals surface area contributed by atoms with Gasteiger partial charge >= 0.3 is 6.18 Å². The summed E-state index contributed by atoms with van der Waals surface area (Å²) in [6.07, 6.45) is -4.76. The first-order valence-corrected chi connectivity index (χ1v) is 5.84. The van der Waals surface area contributed by atoms with Gasteiger partial charge in [-0.2, -0.15) is 13.2 Å². The van der Waals surface area contributed by atoms with E-state index in [0.717, 1.165) is 6.07 Å². The molecule has 0 heterocycles. The number of hydrogen-bond donors (Lipinski definition) is 2. The minimum Gasteiger partial charge on any atom is -0.397 e. The quantitative estimate of drug-likeness (QED) is 0.616. The van der Waals surface area contributed by atoms with Crippen molar-refractivity contribution in [3.63, 3.8) is 0 Å². The normalized spacial score (nSPS) is 11.4. The van der Waals surface area contributed by atoms with E-state index in [9.17, 15) is 17.6 Å². The Morgan fingerprint density at radius 2 is 1.75 bits per heavy atom. The van der Waals surface area contributed by atoms with Crippen molar-refractivity contribution in [2.75, 3.05) is 11.1 Å². The molecule has 0 spiro atoms. The second kappa shape index (κ2) is 5.20. The monoisotopic (exact) mass is 304 g/mol. The summed E-state index contributed by atoms with van der Waals surface area (Å²) in [5, 5.41) is 3.09. The average molecular weight is 305 g/mol. The van der Waals surface area contributed by atoms with Gasteiger partial charge in [-0.1, -0.05) is 11.6 Å². The predicted octanol–water partition coefficient (Wildman–Crippen LogP) is 4.82. The highest BCUT2D eigenvalue weighted by molar-refractivity contribution is 6.31. The summed E-state index contributed by atoms with van der Waals surface area (Å²) in [5.41, 5.74) is 5.08. The van der Waals surface area contributed by atoms with Crippen molar-refractivity contribution in [3.8, 4) is 0 Å². The van der Waals surface area contributed by atoms with Crippen LogP contribution in [0, 0.1) is 5.82 Å². The Hall–Kier alpha value is -1.95. The lowest BCUT2D eigenvalue weighted by atomic mass is 10.1. The molecule has 106 valence electrons. The highest BCUT2D eigenvalue weighted by atomic mass is 35.5. The molecule has 0 bridgehead atoms. The first-order chi connectivity index (χ1) is 9.27. The van der Waals surface area contributed by atoms with Gasteiger partial charge in [0.2, 0.25) is 0 Å². The SMILES string of the molecule is Nc1cc(Cl)ccc1Nc1ccc(F)c(C(F)(F)F)c1. The molecule has 3 N–H and O–H groups in total. The topological polar surface area (TPSA) is 38.0 Å². The summed E-state index contributed by atoms with van der Waals surface area (Å²) >= 11 is 5.72. The predicted molar refractivity (Wildman–Crippen MR) is 70.5 cm³/mol. The molecule has 0 radical (unpaired) electrons. The molecule has 0 amide bonds. The molecule has 2 aromatic rings. The van der Waals surface area contributed by atoms with Gasteiger partial charge in [-0.3, -0.25) is 0 Å². The smallest absolute Gasteiger partial charge is 0.397 e. The number of halogens is 5. The van der Waals surface area contributed by atoms with Crippen LogP contribution in [-0.4, -0.2) is 0 Å². The number of alkyl halides is 3. The largest absolute Gasteiger partial charge is 0.419 e. The first kappa shape index (κ1) is 14.5. The van der Waals surface area contributed by atoms with Crippen LogP contribution in [0.4, 0.5) is 34.6 Å². The molecule has 0 aliphatic carbocycles. The Labute approximate surface area is 117 Å². The van der Waals surface area contributed by atoms with Crippen molar-refractivity contribution < 1.29 is 17.6 Å². The maximum absolute atomic E-state index is 13.1. The summed E-state index contributed by atoms with van der Waals surface area (Å²) < 4.78 is 50.9. The van der Waals surface area contributed by atoms with Crippen LogP contribution in [0.2, 0.25) is 5.02 Å². The van der Waals surface area contributed by atoms with E-state index in [1.54, 1.807) is 0 Å². The van der Waals surface area contributed by atoms with E-state index in [-0.39, 0.29) is 11.4 Å². The molecule has 0 saturated heterocycles. The van der Waals surface area contributed by atoms with Gasteiger partial charge < -0.3 is 11.1 Å². The van der Waals surface area contributed by atoms with E-state index in [0.29, 0.717) is 16.8 Å². The fourth-order valence-electron chi connectivity index (χ4n) is 1.62. The fraction of sp³-hybridized carbons (Fsp3) is 0.0769. The zero-order valence-electron chi connectivity index (χ0n) is 9.93. The maximum Gasteiger partial charge on any atom is 0.419 e. The van der Waals surface area contributed by atoms with E-state index >= 15 is 0 Å². The average Bonchev–Trinajstić information content (AvgIpc) is 2.33. The molecule has 0 atom stereocenters. The van der Waals surface area contributed by atoms with Crippen molar-refractivity contribution in [2.45, 2.75) is 6.18 Å². The van der Waals surface area contributed by atoms with Crippen LogP contribution in [0.3, 0.4) is 0 Å². The number of nitrogen functional groups attached to an aromatic ring is 1. The van der Waals surface area contributed by atoms with E-state index in [1.807, 2.05) is 0 Å². The molecule has 2 aromatic carbocycles. The maximum atomic E-state index is 13.1. The third kappa shape index (κ3) is 3.14. The van der Waals surface area contributed by atoms with Gasteiger partial charge in [-0.25, -0.2) is 4.39 Å². The molecular formula is C13H9ClF4N2. The standard InChI is InChI=1S/C13H9ClF4N2/c14-7-1-4-12(11(19)5-7)20-8-2-3-10(15)9(6-8)13(16,17)18/h1-6,20H,19H2. The first-order valence-electron chi connectivity index (χ1n) is 5.46. The Morgan fingerprint density at radius 1 is 1.05 bits per heavy atom. The van der Waals surface area contributed by atoms with Crippen molar-refractivity contribution in [1.82, 2.24) is 0 Å². The van der Waals surface area contributed by atoms with Crippen LogP contribution in [-0.2, 0) is 6.18 Å². The Bertz CT molecular complexity index is 641. The lowest BCUT2D eigenvalue weighted by molar-refractivity contribution is -0.139. The minimum absolute atomic E-state index is 0.0766. The summed E-state index contributed by atoms with van der Waals surface area (Å²) in [7, 11) is 0. The molecule has 2 rings (SSSR count). The van der Waals surface area contributed by atoms with E-state index in [2.05, 4.69) is 5.32 Å². The molecule has 7 heteroatoms. The number of nitrogens with two attached hydrogens (primary N) is 1. The third-order valence-corrected chi connectivity index (χ3v) is 2.80. The van der Waals surface area contributed by atoms with Crippen molar-refractivity contribution >= 4 is 28.7 Å². The van der Waals surface area contributed by atoms with Gasteiger partial charge in [0.15, 0.2) is 0 Å². The van der Waals surface area contributed by atoms with Gasteiger partial charge in [-0.15, -0.1) is 0 Å². The van der Waals surface area contributed by atoms with Crippen LogP contribution in [0.5, 0.6) is 0 Å². The molecule has 0 aromatic heterocycles. The molecule has 0 saturated carbocycles. The molecule has 2 nitrogen and oxygen atoms in total. The van der Waals surface area contributed by atoms with Crippen molar-refractivity contribution in [3.05, 3.63) is 52.8 Å². The molecule has 0 unspecified atom stereocenters. The molecule has 20 heavy (non-hydrogen) atoms. The third-order valence-electron chi connectivity index (χ3n) is 2.56. The van der Waals surface area contributed by atoms with Crippen LogP contribution in [0.25, 0.3) is 0 Å². The van der Waals surface area contributed by atoms with Gasteiger partial charge in [0, 0.05) is 10.7 Å². The fourth-order valence-corrected chi connectivity index (χ4v) is 1.80. The van der Waals surface area contributed by atoms with Crippen molar-refractivity contribution in [1.29, 1.82) is 0 Å². The molecule has 0 aliphatic heterocycles. The number of benzene rings is 2. The molecule has 0 fully saturated rings. The van der Waals surface area contributed by atoms with Gasteiger partial charge in [-0.05, 0) is 36.4 Å². The van der Waals surface area contributed by atoms with E-state index < -0.39 is 17.6 Å². The second-order valence-electron chi connectivity index (χ2n) is 4.05. The Kier molecular flexibility index (Phi) is 3.76. The number of nitrogens with one attached hydrogen (secondary N) is 1. The number of hydrogen-bond acceptors (Lipinski definition) is 2. The van der Waals surface area contributed by atoms with E-state index in [4.69, 9.17) is 17.3 Å². The highest BCUT2D eigenvalue weighted by Gasteiger charge is 2.34. The number of anilines is 3. The van der Waals surface area contributed by atoms with E-state index in [1.165, 1.54) is 24.3 Å². The summed E-state index contributed by atoms with van der Waals surface area (Å²) in [4.78, 5) is 0. The Morgan fingerprint density at radius 3 is 2.35 bits per heavy atom. The van der Waals surface area contributed by atoms with Crippen LogP contribution in [0.15, 0.2) is 36.4 Å². The minimum atomic E-state index is -4.76. The van der Waals surface area contributed by atoms with Crippen LogP contribution < -0.4 is 11.1 Å². The van der Waals surface area contributed by atoms with Crippen LogP contribution in [0.1, 0.15) is 5.56 Å². The number of rotatable bonds is 2. The summed E-state index contributed by atoms with van der Waals surface area (Å²) in [6.45, 7) is 0. The van der Waals surface area contributed by atoms with Gasteiger partial charge in [0.25, 0.3) is 0 Å². The molecular weight excluding hydrogens is 296 g/mol. The second-order valence-corrected chi connectivity index (χ2v) is 4.49. The lowest BCUT2D eigenvalue weighted by Gasteiger charge is -2.13. The lowest BCUT2D eigenvalue weighted by Crippen LogP contribution is -2.08. The molecule has 0 aliphatic rings. The Balaban J connectivity index is 2.35. The summed E-state index contributed by atoms with van der Waals surface area (Å²) in [6, 6.07) is 7.14. The zero-order chi connectivity index (χ0) is 14.9. The van der Waals surface area contributed by atoms with Gasteiger partial charge in [0.1, 0.15) is 5.82 Å². The van der Waals surface area contributed by atoms with Crippen molar-refractivity contribution in [2.24, 2.45) is 0 Å². The van der Waals surface area contributed by atoms with Crippen LogP contribution >= 0.6 is 11.6 Å². The highest BCUT2D eigenvalue weighted by Crippen LogP contribution is 2.34. The summed E-state index contributed by atoms with van der Waals surface area (Å²) in [5.74, 6) is -1.33.